The summed E-state index contributed by atoms with van der Waals surface area (Å²) in [6.45, 7) is 5.94. The lowest BCUT2D eigenvalue weighted by atomic mass is 10.1. The Morgan fingerprint density at radius 2 is 1.93 bits per heavy atom. The fourth-order valence-electron chi connectivity index (χ4n) is 3.30. The number of alkyl halides is 3. The zero-order valence-corrected chi connectivity index (χ0v) is 15.3. The Bertz CT molecular complexity index is 745. The van der Waals surface area contributed by atoms with Gasteiger partial charge in [-0.05, 0) is 39.0 Å². The maximum atomic E-state index is 13.0. The Balaban J connectivity index is 1.84. The fraction of sp³-hybridized carbons (Fsp3) is 0.556. The van der Waals surface area contributed by atoms with Gasteiger partial charge in [0.2, 0.25) is 5.91 Å². The van der Waals surface area contributed by atoms with Crippen LogP contribution in [0.1, 0.15) is 26.3 Å². The van der Waals surface area contributed by atoms with Crippen molar-refractivity contribution in [2.45, 2.75) is 44.6 Å². The number of piperazine rings is 1. The van der Waals surface area contributed by atoms with Crippen LogP contribution in [0.2, 0.25) is 0 Å². The first-order valence-corrected chi connectivity index (χ1v) is 8.65. The molecular weight excluding hydrogens is 363 g/mol. The van der Waals surface area contributed by atoms with Crippen molar-refractivity contribution in [2.75, 3.05) is 24.7 Å². The summed E-state index contributed by atoms with van der Waals surface area (Å²) in [7, 11) is 0. The lowest BCUT2D eigenvalue weighted by molar-refractivity contribution is -0.162. The van der Waals surface area contributed by atoms with E-state index in [1.54, 1.807) is 25.7 Å². The molecule has 0 aromatic heterocycles. The van der Waals surface area contributed by atoms with E-state index in [0.29, 0.717) is 13.1 Å². The second kappa shape index (κ2) is 6.79. The summed E-state index contributed by atoms with van der Waals surface area (Å²) < 4.78 is 44.4. The van der Waals surface area contributed by atoms with E-state index < -0.39 is 35.4 Å². The fourth-order valence-corrected chi connectivity index (χ4v) is 3.30. The third-order valence-electron chi connectivity index (χ3n) is 4.50. The van der Waals surface area contributed by atoms with Crippen LogP contribution >= 0.6 is 0 Å². The zero-order chi connectivity index (χ0) is 20.0. The lowest BCUT2D eigenvalue weighted by Crippen LogP contribution is -2.60. The van der Waals surface area contributed by atoms with Gasteiger partial charge < -0.3 is 10.1 Å². The highest BCUT2D eigenvalue weighted by molar-refractivity contribution is 6.00. The molecule has 27 heavy (non-hydrogen) atoms. The van der Waals surface area contributed by atoms with E-state index in [-0.39, 0.29) is 18.3 Å². The second-order valence-corrected chi connectivity index (χ2v) is 7.69. The Labute approximate surface area is 155 Å². The van der Waals surface area contributed by atoms with Gasteiger partial charge in [0.1, 0.15) is 17.7 Å². The highest BCUT2D eigenvalue weighted by atomic mass is 19.4. The minimum absolute atomic E-state index is 0.0381. The average Bonchev–Trinajstić information content (AvgIpc) is 2.90. The van der Waals surface area contributed by atoms with E-state index in [4.69, 9.17) is 4.74 Å². The van der Waals surface area contributed by atoms with Crippen LogP contribution in [-0.4, -0.2) is 54.2 Å². The molecule has 2 aliphatic rings. The summed E-state index contributed by atoms with van der Waals surface area (Å²) in [5.41, 5.74) is -1.33. The zero-order valence-electron chi connectivity index (χ0n) is 15.3. The molecule has 1 N–H and O–H groups in total. The molecule has 1 aromatic carbocycles. The summed E-state index contributed by atoms with van der Waals surface area (Å²) >= 11 is 0. The molecule has 2 saturated heterocycles. The van der Waals surface area contributed by atoms with Gasteiger partial charge in [0.05, 0.1) is 12.2 Å². The van der Waals surface area contributed by atoms with E-state index in [1.165, 1.54) is 17.0 Å². The maximum absolute atomic E-state index is 13.0. The van der Waals surface area contributed by atoms with Gasteiger partial charge in [-0.1, -0.05) is 6.07 Å². The van der Waals surface area contributed by atoms with E-state index in [1.807, 2.05) is 0 Å². The largest absolute Gasteiger partial charge is 0.459 e. The molecule has 1 aromatic rings. The van der Waals surface area contributed by atoms with Crippen LogP contribution in [0.3, 0.4) is 0 Å². The molecule has 2 fully saturated rings. The minimum Gasteiger partial charge on any atom is -0.459 e. The lowest BCUT2D eigenvalue weighted by Gasteiger charge is -2.35. The Hall–Kier alpha value is -2.13. The maximum Gasteiger partial charge on any atom is 0.416 e. The molecule has 3 rings (SSSR count). The van der Waals surface area contributed by atoms with Crippen molar-refractivity contribution in [3.05, 3.63) is 29.8 Å². The molecule has 9 heteroatoms. The summed E-state index contributed by atoms with van der Waals surface area (Å²) in [4.78, 5) is 28.2. The molecule has 0 spiro atoms. The Kier molecular flexibility index (Phi) is 4.94. The van der Waals surface area contributed by atoms with Crippen LogP contribution < -0.4 is 10.2 Å². The highest BCUT2D eigenvalue weighted by Crippen LogP contribution is 2.33. The second-order valence-electron chi connectivity index (χ2n) is 7.69. The first-order chi connectivity index (χ1) is 12.5. The molecule has 0 bridgehead atoms. The number of carbonyl (C=O) groups is 2. The predicted molar refractivity (Wildman–Crippen MR) is 91.9 cm³/mol. The van der Waals surface area contributed by atoms with Gasteiger partial charge in [0.25, 0.3) is 0 Å². The van der Waals surface area contributed by atoms with Crippen LogP contribution in [0.15, 0.2) is 24.3 Å². The molecule has 0 radical (unpaired) electrons. The first-order valence-electron chi connectivity index (χ1n) is 8.65. The van der Waals surface area contributed by atoms with Crippen molar-refractivity contribution >= 4 is 17.6 Å². The molecule has 148 valence electrons. The van der Waals surface area contributed by atoms with Gasteiger partial charge in [-0.15, -0.1) is 0 Å². The number of nitrogens with one attached hydrogen (secondary N) is 1. The van der Waals surface area contributed by atoms with Crippen LogP contribution in [0.25, 0.3) is 0 Å². The molecule has 0 saturated carbocycles. The topological polar surface area (TPSA) is 61.9 Å². The van der Waals surface area contributed by atoms with Gasteiger partial charge in [-0.25, -0.2) is 0 Å². The van der Waals surface area contributed by atoms with Crippen molar-refractivity contribution < 1.29 is 27.5 Å². The molecule has 2 heterocycles. The number of rotatable bonds is 2. The summed E-state index contributed by atoms with van der Waals surface area (Å²) in [5.74, 6) is -0.798. The van der Waals surface area contributed by atoms with Crippen molar-refractivity contribution in [1.29, 1.82) is 0 Å². The van der Waals surface area contributed by atoms with Crippen molar-refractivity contribution in [2.24, 2.45) is 0 Å². The number of amides is 1. The number of halogens is 3. The molecule has 6 nitrogen and oxygen atoms in total. The predicted octanol–water partition coefficient (Wildman–Crippen LogP) is 1.99. The first kappa shape index (κ1) is 19.6. The highest BCUT2D eigenvalue weighted by Gasteiger charge is 2.48. The SMILES string of the molecule is CC(C)(C)OC(=O)C1CNCC2C(=O)N(c3cccc(C(F)(F)F)c3)CN12. The number of hydrogen-bond donors (Lipinski definition) is 1. The Morgan fingerprint density at radius 3 is 2.56 bits per heavy atom. The van der Waals surface area contributed by atoms with Crippen molar-refractivity contribution in [3.63, 3.8) is 0 Å². The molecule has 0 aliphatic carbocycles. The van der Waals surface area contributed by atoms with Crippen LogP contribution in [0.4, 0.5) is 18.9 Å². The minimum atomic E-state index is -4.49. The van der Waals surface area contributed by atoms with Crippen LogP contribution in [0, 0.1) is 0 Å². The molecule has 2 aliphatic heterocycles. The molecule has 1 amide bonds. The summed E-state index contributed by atoms with van der Waals surface area (Å²) in [6, 6.07) is 3.34. The van der Waals surface area contributed by atoms with E-state index in [2.05, 4.69) is 5.32 Å². The Morgan fingerprint density at radius 1 is 1.22 bits per heavy atom. The molecular formula is C18H22F3N3O3. The van der Waals surface area contributed by atoms with Crippen molar-refractivity contribution in [1.82, 2.24) is 10.2 Å². The molecule has 2 atom stereocenters. The van der Waals surface area contributed by atoms with E-state index in [0.717, 1.165) is 12.1 Å². The monoisotopic (exact) mass is 385 g/mol. The number of fused-ring (bicyclic) bond motifs is 1. The third kappa shape index (κ3) is 4.08. The number of carbonyl (C=O) groups excluding carboxylic acids is 2. The van der Waals surface area contributed by atoms with Crippen molar-refractivity contribution in [3.8, 4) is 0 Å². The summed E-state index contributed by atoms with van der Waals surface area (Å²) in [6.07, 6.45) is -4.49. The third-order valence-corrected chi connectivity index (χ3v) is 4.50. The number of anilines is 1. The number of ether oxygens (including phenoxy) is 1. The number of benzene rings is 1. The van der Waals surface area contributed by atoms with Gasteiger partial charge in [-0.3, -0.25) is 19.4 Å². The number of hydrogen-bond acceptors (Lipinski definition) is 5. The van der Waals surface area contributed by atoms with Gasteiger partial charge in [0.15, 0.2) is 0 Å². The van der Waals surface area contributed by atoms with Gasteiger partial charge in [0, 0.05) is 18.8 Å². The van der Waals surface area contributed by atoms with Gasteiger partial charge in [-0.2, -0.15) is 13.2 Å². The quantitative estimate of drug-likeness (QED) is 0.789. The van der Waals surface area contributed by atoms with Crippen LogP contribution in [-0.2, 0) is 20.5 Å². The van der Waals surface area contributed by atoms with Crippen LogP contribution in [0.5, 0.6) is 0 Å². The van der Waals surface area contributed by atoms with E-state index in [9.17, 15) is 22.8 Å². The number of esters is 1. The smallest absolute Gasteiger partial charge is 0.416 e. The number of nitrogens with zero attached hydrogens (tertiary/aromatic N) is 2. The molecule has 2 unspecified atom stereocenters. The van der Waals surface area contributed by atoms with E-state index >= 15 is 0 Å². The average molecular weight is 385 g/mol. The normalized spacial score (nSPS) is 24.1. The summed E-state index contributed by atoms with van der Waals surface area (Å²) in [5, 5.41) is 3.04. The standard InChI is InChI=1S/C18H22F3N3O3/c1-17(2,3)27-16(26)14-9-22-8-13-15(25)23(10-24(13)14)12-6-4-5-11(7-12)18(19,20)21/h4-7,13-14,22H,8-10H2,1-3H3. The van der Waals surface area contributed by atoms with Gasteiger partial charge >= 0.3 is 12.1 Å².